The summed E-state index contributed by atoms with van der Waals surface area (Å²) in [6.07, 6.45) is 0.136. The lowest BCUT2D eigenvalue weighted by atomic mass is 10.2. The number of aliphatic hydroxyl groups is 3. The molecule has 1 rings (SSSR count). The summed E-state index contributed by atoms with van der Waals surface area (Å²) in [6, 6.07) is 0. The maximum absolute atomic E-state index is 8.99. The molecule has 0 aliphatic heterocycles. The van der Waals surface area contributed by atoms with E-state index in [1.165, 1.54) is 0 Å². The standard InChI is InChI=1S/C5H10O3/c6-2-1-5(8)3-4(5)7/h4,6-8H,1-3H2/t4-,5-/m0/s1. The highest BCUT2D eigenvalue weighted by molar-refractivity contribution is 5.03. The van der Waals surface area contributed by atoms with Crippen LogP contribution < -0.4 is 0 Å². The lowest BCUT2D eigenvalue weighted by Crippen LogP contribution is -2.14. The molecule has 3 N–H and O–H groups in total. The Morgan fingerprint density at radius 3 is 2.25 bits per heavy atom. The molecule has 0 radical (unpaired) electrons. The van der Waals surface area contributed by atoms with Crippen LogP contribution in [-0.2, 0) is 0 Å². The maximum Gasteiger partial charge on any atom is 0.0954 e. The van der Waals surface area contributed by atoms with Gasteiger partial charge in [0.15, 0.2) is 0 Å². The van der Waals surface area contributed by atoms with Crippen molar-refractivity contribution in [2.45, 2.75) is 24.5 Å². The van der Waals surface area contributed by atoms with E-state index in [1.807, 2.05) is 0 Å². The highest BCUT2D eigenvalue weighted by Crippen LogP contribution is 2.38. The first-order valence-electron chi connectivity index (χ1n) is 2.70. The Balaban J connectivity index is 2.25. The Bertz CT molecular complexity index is 93.7. The third-order valence-electron chi connectivity index (χ3n) is 1.55. The second-order valence-corrected chi connectivity index (χ2v) is 2.30. The summed E-state index contributed by atoms with van der Waals surface area (Å²) in [5.74, 6) is 0. The summed E-state index contributed by atoms with van der Waals surface area (Å²) in [4.78, 5) is 0. The highest BCUT2D eigenvalue weighted by Gasteiger charge is 2.51. The fourth-order valence-corrected chi connectivity index (χ4v) is 0.738. The zero-order chi connectivity index (χ0) is 6.20. The van der Waals surface area contributed by atoms with Crippen molar-refractivity contribution in [1.82, 2.24) is 0 Å². The molecule has 1 saturated carbocycles. The van der Waals surface area contributed by atoms with Crippen LogP contribution >= 0.6 is 0 Å². The minimum absolute atomic E-state index is 0.0481. The SMILES string of the molecule is OCC[C@]1(O)C[C@@H]1O. The fourth-order valence-electron chi connectivity index (χ4n) is 0.738. The molecule has 0 aromatic heterocycles. The molecular formula is C5H10O3. The van der Waals surface area contributed by atoms with E-state index in [1.54, 1.807) is 0 Å². The molecule has 3 nitrogen and oxygen atoms in total. The number of aliphatic hydroxyl groups excluding tert-OH is 2. The van der Waals surface area contributed by atoms with Crippen molar-refractivity contribution in [2.75, 3.05) is 6.61 Å². The highest BCUT2D eigenvalue weighted by atomic mass is 16.4. The molecule has 0 saturated heterocycles. The molecule has 0 aromatic rings. The zero-order valence-corrected chi connectivity index (χ0v) is 4.54. The van der Waals surface area contributed by atoms with E-state index >= 15 is 0 Å². The molecule has 8 heavy (non-hydrogen) atoms. The van der Waals surface area contributed by atoms with Gasteiger partial charge in [-0.25, -0.2) is 0 Å². The van der Waals surface area contributed by atoms with Gasteiger partial charge in [0.1, 0.15) is 0 Å². The van der Waals surface area contributed by atoms with Gasteiger partial charge in [-0.3, -0.25) is 0 Å². The van der Waals surface area contributed by atoms with Crippen LogP contribution in [0.5, 0.6) is 0 Å². The zero-order valence-electron chi connectivity index (χ0n) is 4.54. The number of rotatable bonds is 2. The molecule has 3 heteroatoms. The van der Waals surface area contributed by atoms with E-state index in [0.29, 0.717) is 12.8 Å². The third-order valence-corrected chi connectivity index (χ3v) is 1.55. The predicted octanol–water partition coefficient (Wildman–Crippen LogP) is -1.14. The monoisotopic (exact) mass is 118 g/mol. The average molecular weight is 118 g/mol. The van der Waals surface area contributed by atoms with Crippen LogP contribution in [0.1, 0.15) is 12.8 Å². The van der Waals surface area contributed by atoms with Gasteiger partial charge in [0.2, 0.25) is 0 Å². The second-order valence-electron chi connectivity index (χ2n) is 2.30. The van der Waals surface area contributed by atoms with Gasteiger partial charge in [0, 0.05) is 19.4 Å². The van der Waals surface area contributed by atoms with Crippen molar-refractivity contribution in [2.24, 2.45) is 0 Å². The predicted molar refractivity (Wildman–Crippen MR) is 27.3 cm³/mol. The van der Waals surface area contributed by atoms with E-state index < -0.39 is 11.7 Å². The van der Waals surface area contributed by atoms with Crippen molar-refractivity contribution >= 4 is 0 Å². The smallest absolute Gasteiger partial charge is 0.0954 e. The van der Waals surface area contributed by atoms with Crippen molar-refractivity contribution in [3.05, 3.63) is 0 Å². The molecule has 48 valence electrons. The van der Waals surface area contributed by atoms with Crippen LogP contribution in [0, 0.1) is 0 Å². The molecule has 0 spiro atoms. The normalized spacial score (nSPS) is 44.6. The Hall–Kier alpha value is -0.120. The fraction of sp³-hybridized carbons (Fsp3) is 1.00. The summed E-state index contributed by atoms with van der Waals surface area (Å²) < 4.78 is 0. The van der Waals surface area contributed by atoms with Crippen LogP contribution in [0.3, 0.4) is 0 Å². The van der Waals surface area contributed by atoms with Crippen LogP contribution in [0.15, 0.2) is 0 Å². The molecule has 0 bridgehead atoms. The van der Waals surface area contributed by atoms with Gasteiger partial charge in [0.25, 0.3) is 0 Å². The summed E-state index contributed by atoms with van der Waals surface area (Å²) in [5.41, 5.74) is -0.936. The third kappa shape index (κ3) is 0.844. The quantitative estimate of drug-likeness (QED) is 0.429. The van der Waals surface area contributed by atoms with Crippen LogP contribution in [0.25, 0.3) is 0 Å². The molecular weight excluding hydrogens is 108 g/mol. The summed E-state index contributed by atoms with van der Waals surface area (Å²) in [7, 11) is 0. The Morgan fingerprint density at radius 1 is 1.62 bits per heavy atom. The van der Waals surface area contributed by atoms with Crippen molar-refractivity contribution in [1.29, 1.82) is 0 Å². The molecule has 1 aliphatic rings. The minimum Gasteiger partial charge on any atom is -0.396 e. The molecule has 2 atom stereocenters. The summed E-state index contributed by atoms with van der Waals surface area (Å²) >= 11 is 0. The topological polar surface area (TPSA) is 60.7 Å². The largest absolute Gasteiger partial charge is 0.396 e. The molecule has 0 heterocycles. The van der Waals surface area contributed by atoms with Gasteiger partial charge in [0.05, 0.1) is 11.7 Å². The minimum atomic E-state index is -0.936. The first kappa shape index (κ1) is 6.01. The van der Waals surface area contributed by atoms with E-state index in [9.17, 15) is 0 Å². The number of hydrogen-bond donors (Lipinski definition) is 3. The van der Waals surface area contributed by atoms with Crippen LogP contribution in [0.2, 0.25) is 0 Å². The van der Waals surface area contributed by atoms with E-state index in [2.05, 4.69) is 0 Å². The first-order valence-corrected chi connectivity index (χ1v) is 2.70. The second kappa shape index (κ2) is 1.69. The average Bonchev–Trinajstić information content (AvgIpc) is 2.16. The van der Waals surface area contributed by atoms with Crippen LogP contribution in [0.4, 0.5) is 0 Å². The van der Waals surface area contributed by atoms with Crippen molar-refractivity contribution < 1.29 is 15.3 Å². The molecule has 1 aliphatic carbocycles. The molecule has 0 aromatic carbocycles. The van der Waals surface area contributed by atoms with Gasteiger partial charge in [-0.15, -0.1) is 0 Å². The number of hydrogen-bond acceptors (Lipinski definition) is 3. The lowest BCUT2D eigenvalue weighted by Gasteiger charge is -2.02. The van der Waals surface area contributed by atoms with Gasteiger partial charge in [-0.05, 0) is 0 Å². The van der Waals surface area contributed by atoms with Crippen molar-refractivity contribution in [3.8, 4) is 0 Å². The van der Waals surface area contributed by atoms with Gasteiger partial charge < -0.3 is 15.3 Å². The Morgan fingerprint density at radius 2 is 2.12 bits per heavy atom. The Labute approximate surface area is 47.6 Å². The first-order chi connectivity index (χ1) is 3.69. The molecule has 0 unspecified atom stereocenters. The van der Waals surface area contributed by atoms with Gasteiger partial charge in [-0.1, -0.05) is 0 Å². The van der Waals surface area contributed by atoms with E-state index in [-0.39, 0.29) is 6.61 Å². The summed E-state index contributed by atoms with van der Waals surface area (Å²) in [6.45, 7) is -0.0481. The van der Waals surface area contributed by atoms with Crippen molar-refractivity contribution in [3.63, 3.8) is 0 Å². The summed E-state index contributed by atoms with van der Waals surface area (Å²) in [5, 5.41) is 25.9. The molecule has 1 fully saturated rings. The van der Waals surface area contributed by atoms with Crippen LogP contribution in [-0.4, -0.2) is 33.6 Å². The molecule has 0 amide bonds. The Kier molecular flexibility index (Phi) is 1.27. The van der Waals surface area contributed by atoms with Gasteiger partial charge >= 0.3 is 0 Å². The lowest BCUT2D eigenvalue weighted by molar-refractivity contribution is 0.0618. The maximum atomic E-state index is 8.99. The van der Waals surface area contributed by atoms with E-state index in [4.69, 9.17) is 15.3 Å². The van der Waals surface area contributed by atoms with E-state index in [0.717, 1.165) is 0 Å². The van der Waals surface area contributed by atoms with Gasteiger partial charge in [-0.2, -0.15) is 0 Å².